The summed E-state index contributed by atoms with van der Waals surface area (Å²) in [6.07, 6.45) is 0. The molecule has 0 unspecified atom stereocenters. The number of hydrogen-bond donors (Lipinski definition) is 1. The fraction of sp³-hybridized carbons (Fsp3) is 0.278. The van der Waals surface area contributed by atoms with Crippen LogP contribution < -0.4 is 10.2 Å². The van der Waals surface area contributed by atoms with E-state index in [2.05, 4.69) is 30.1 Å². The summed E-state index contributed by atoms with van der Waals surface area (Å²) >= 11 is 0. The molecule has 0 radical (unpaired) electrons. The van der Waals surface area contributed by atoms with E-state index in [-0.39, 0.29) is 5.91 Å². The summed E-state index contributed by atoms with van der Waals surface area (Å²) in [5.74, 6) is -0.0737. The Morgan fingerprint density at radius 1 is 1.05 bits per heavy atom. The zero-order chi connectivity index (χ0) is 15.2. The Labute approximate surface area is 126 Å². The van der Waals surface area contributed by atoms with Gasteiger partial charge in [-0.15, -0.1) is 0 Å². The van der Waals surface area contributed by atoms with E-state index in [1.807, 2.05) is 49.4 Å². The van der Waals surface area contributed by atoms with E-state index in [9.17, 15) is 4.79 Å². The Kier molecular flexibility index (Phi) is 4.99. The van der Waals surface area contributed by atoms with Gasteiger partial charge in [-0.05, 0) is 50.6 Å². The van der Waals surface area contributed by atoms with E-state index < -0.39 is 0 Å². The minimum atomic E-state index is -0.0737. The molecule has 0 saturated heterocycles. The third-order valence-corrected chi connectivity index (χ3v) is 3.63. The Morgan fingerprint density at radius 2 is 1.71 bits per heavy atom. The van der Waals surface area contributed by atoms with E-state index in [1.54, 1.807) is 0 Å². The Morgan fingerprint density at radius 3 is 2.33 bits per heavy atom. The average Bonchev–Trinajstić information content (AvgIpc) is 2.52. The fourth-order valence-corrected chi connectivity index (χ4v) is 2.31. The number of nitrogens with zero attached hydrogens (tertiary/aromatic N) is 1. The quantitative estimate of drug-likeness (QED) is 0.895. The first-order chi connectivity index (χ1) is 10.2. The van der Waals surface area contributed by atoms with Crippen LogP contribution in [0.1, 0.15) is 29.8 Å². The van der Waals surface area contributed by atoms with Gasteiger partial charge in [0.15, 0.2) is 0 Å². The van der Waals surface area contributed by atoms with E-state index in [4.69, 9.17) is 0 Å². The van der Waals surface area contributed by atoms with Crippen molar-refractivity contribution in [3.8, 4) is 0 Å². The molecule has 1 N–H and O–H groups in total. The molecule has 0 spiro atoms. The molecule has 2 aromatic rings. The van der Waals surface area contributed by atoms with Gasteiger partial charge in [-0.3, -0.25) is 4.79 Å². The van der Waals surface area contributed by atoms with Crippen molar-refractivity contribution in [3.05, 3.63) is 59.7 Å². The summed E-state index contributed by atoms with van der Waals surface area (Å²) in [4.78, 5) is 14.5. The lowest BCUT2D eigenvalue weighted by Gasteiger charge is -2.22. The van der Waals surface area contributed by atoms with Gasteiger partial charge in [-0.25, -0.2) is 0 Å². The fourth-order valence-electron chi connectivity index (χ4n) is 2.31. The SMILES string of the molecule is CCN(CC)c1ccc(C)c(NC(=O)c2ccccc2)c1. The summed E-state index contributed by atoms with van der Waals surface area (Å²) < 4.78 is 0. The van der Waals surface area contributed by atoms with Crippen molar-refractivity contribution >= 4 is 17.3 Å². The summed E-state index contributed by atoms with van der Waals surface area (Å²) in [5.41, 5.74) is 3.74. The second kappa shape index (κ2) is 6.93. The first-order valence-electron chi connectivity index (χ1n) is 7.37. The number of carbonyl (C=O) groups is 1. The summed E-state index contributed by atoms with van der Waals surface area (Å²) in [5, 5.41) is 3.00. The Balaban J connectivity index is 2.23. The minimum Gasteiger partial charge on any atom is -0.372 e. The maximum Gasteiger partial charge on any atom is 0.255 e. The van der Waals surface area contributed by atoms with Gasteiger partial charge in [0, 0.05) is 30.0 Å². The van der Waals surface area contributed by atoms with Crippen LogP contribution in [0.2, 0.25) is 0 Å². The van der Waals surface area contributed by atoms with E-state index in [0.29, 0.717) is 5.56 Å². The lowest BCUT2D eigenvalue weighted by molar-refractivity contribution is 0.102. The molecule has 0 atom stereocenters. The van der Waals surface area contributed by atoms with Crippen LogP contribution in [0.25, 0.3) is 0 Å². The number of aryl methyl sites for hydroxylation is 1. The minimum absolute atomic E-state index is 0.0737. The second-order valence-corrected chi connectivity index (χ2v) is 4.99. The van der Waals surface area contributed by atoms with E-state index >= 15 is 0 Å². The molecule has 1 amide bonds. The van der Waals surface area contributed by atoms with Crippen LogP contribution >= 0.6 is 0 Å². The third-order valence-electron chi connectivity index (χ3n) is 3.63. The lowest BCUT2D eigenvalue weighted by Crippen LogP contribution is -2.22. The Bertz CT molecular complexity index is 604. The first-order valence-corrected chi connectivity index (χ1v) is 7.37. The van der Waals surface area contributed by atoms with Gasteiger partial charge >= 0.3 is 0 Å². The molecule has 0 aliphatic rings. The predicted molar refractivity (Wildman–Crippen MR) is 89.1 cm³/mol. The highest BCUT2D eigenvalue weighted by atomic mass is 16.1. The summed E-state index contributed by atoms with van der Waals surface area (Å²) in [6, 6.07) is 15.5. The highest BCUT2D eigenvalue weighted by molar-refractivity contribution is 6.04. The number of amides is 1. The van der Waals surface area contributed by atoms with Crippen molar-refractivity contribution in [3.63, 3.8) is 0 Å². The van der Waals surface area contributed by atoms with Crippen LogP contribution in [-0.2, 0) is 0 Å². The van der Waals surface area contributed by atoms with Gasteiger partial charge in [0.2, 0.25) is 0 Å². The van der Waals surface area contributed by atoms with Crippen molar-refractivity contribution < 1.29 is 4.79 Å². The van der Waals surface area contributed by atoms with Gasteiger partial charge in [-0.1, -0.05) is 24.3 Å². The largest absolute Gasteiger partial charge is 0.372 e. The maximum absolute atomic E-state index is 12.3. The summed E-state index contributed by atoms with van der Waals surface area (Å²) in [7, 11) is 0. The molecule has 0 aliphatic heterocycles. The number of anilines is 2. The monoisotopic (exact) mass is 282 g/mol. The molecule has 0 aromatic heterocycles. The zero-order valence-corrected chi connectivity index (χ0v) is 12.9. The first kappa shape index (κ1) is 15.1. The second-order valence-electron chi connectivity index (χ2n) is 4.99. The average molecular weight is 282 g/mol. The number of rotatable bonds is 5. The van der Waals surface area contributed by atoms with Gasteiger partial charge < -0.3 is 10.2 Å². The number of carbonyl (C=O) groups excluding carboxylic acids is 1. The molecule has 110 valence electrons. The van der Waals surface area contributed by atoms with Crippen molar-refractivity contribution in [2.24, 2.45) is 0 Å². The molecule has 0 aliphatic carbocycles. The molecule has 21 heavy (non-hydrogen) atoms. The van der Waals surface area contributed by atoms with Crippen LogP contribution in [-0.4, -0.2) is 19.0 Å². The highest BCUT2D eigenvalue weighted by Gasteiger charge is 2.09. The van der Waals surface area contributed by atoms with Gasteiger partial charge in [0.05, 0.1) is 0 Å². The highest BCUT2D eigenvalue weighted by Crippen LogP contribution is 2.23. The Hall–Kier alpha value is -2.29. The van der Waals surface area contributed by atoms with Gasteiger partial charge in [0.1, 0.15) is 0 Å². The number of hydrogen-bond acceptors (Lipinski definition) is 2. The molecule has 3 heteroatoms. The van der Waals surface area contributed by atoms with Crippen LogP contribution in [0.15, 0.2) is 48.5 Å². The van der Waals surface area contributed by atoms with Crippen molar-refractivity contribution in [1.29, 1.82) is 0 Å². The van der Waals surface area contributed by atoms with E-state index in [1.165, 1.54) is 0 Å². The molecule has 2 aromatic carbocycles. The van der Waals surface area contributed by atoms with Crippen LogP contribution in [0, 0.1) is 6.92 Å². The maximum atomic E-state index is 12.3. The summed E-state index contributed by atoms with van der Waals surface area (Å²) in [6.45, 7) is 8.17. The molecule has 0 heterocycles. The van der Waals surface area contributed by atoms with Crippen molar-refractivity contribution in [2.45, 2.75) is 20.8 Å². The van der Waals surface area contributed by atoms with Crippen LogP contribution in [0.5, 0.6) is 0 Å². The number of nitrogens with one attached hydrogen (secondary N) is 1. The zero-order valence-electron chi connectivity index (χ0n) is 12.9. The molecule has 2 rings (SSSR count). The van der Waals surface area contributed by atoms with Crippen molar-refractivity contribution in [1.82, 2.24) is 0 Å². The lowest BCUT2D eigenvalue weighted by atomic mass is 10.1. The predicted octanol–water partition coefficient (Wildman–Crippen LogP) is 4.09. The smallest absolute Gasteiger partial charge is 0.255 e. The molecular weight excluding hydrogens is 260 g/mol. The molecule has 3 nitrogen and oxygen atoms in total. The third kappa shape index (κ3) is 3.63. The molecular formula is C18H22N2O. The molecule has 0 bridgehead atoms. The molecule has 0 saturated carbocycles. The number of benzene rings is 2. The standard InChI is InChI=1S/C18H22N2O/c1-4-20(5-2)16-12-11-14(3)17(13-16)19-18(21)15-9-7-6-8-10-15/h6-13H,4-5H2,1-3H3,(H,19,21). The van der Waals surface area contributed by atoms with Crippen LogP contribution in [0.4, 0.5) is 11.4 Å². The topological polar surface area (TPSA) is 32.3 Å². The van der Waals surface area contributed by atoms with Crippen molar-refractivity contribution in [2.75, 3.05) is 23.3 Å². The van der Waals surface area contributed by atoms with Gasteiger partial charge in [-0.2, -0.15) is 0 Å². The molecule has 0 fully saturated rings. The van der Waals surface area contributed by atoms with E-state index in [0.717, 1.165) is 30.0 Å². The normalized spacial score (nSPS) is 10.2. The van der Waals surface area contributed by atoms with Gasteiger partial charge in [0.25, 0.3) is 5.91 Å². The van der Waals surface area contributed by atoms with Crippen LogP contribution in [0.3, 0.4) is 0 Å².